The third kappa shape index (κ3) is 4.08. The zero-order valence-corrected chi connectivity index (χ0v) is 25.7. The molecule has 10 aromatic rings. The van der Waals surface area contributed by atoms with Crippen molar-refractivity contribution in [3.63, 3.8) is 0 Å². The average Bonchev–Trinajstić information content (AvgIpc) is 3.71. The number of furan rings is 1. The van der Waals surface area contributed by atoms with Gasteiger partial charge in [0.05, 0.1) is 11.0 Å². The summed E-state index contributed by atoms with van der Waals surface area (Å²) >= 11 is 0. The molecule has 5 nitrogen and oxygen atoms in total. The minimum atomic E-state index is 0.601. The molecular weight excluding hydrogens is 589 g/mol. The number of nitrogens with zero attached hydrogens (tertiary/aromatic N) is 4. The Balaban J connectivity index is 1.26. The topological polar surface area (TPSA) is 56.7 Å². The zero-order chi connectivity index (χ0) is 31.6. The highest BCUT2D eigenvalue weighted by Gasteiger charge is 2.22. The third-order valence-corrected chi connectivity index (χ3v) is 9.23. The van der Waals surface area contributed by atoms with Crippen LogP contribution >= 0.6 is 0 Å². The lowest BCUT2D eigenvalue weighted by atomic mass is 10.0. The fourth-order valence-electron chi connectivity index (χ4n) is 7.03. The molecule has 0 radical (unpaired) electrons. The molecular formula is C43H26N4O. The number of rotatable bonds is 4. The van der Waals surface area contributed by atoms with Crippen LogP contribution in [0.15, 0.2) is 162 Å². The van der Waals surface area contributed by atoms with Gasteiger partial charge in [-0.15, -0.1) is 0 Å². The summed E-state index contributed by atoms with van der Waals surface area (Å²) in [5, 5.41) is 6.64. The summed E-state index contributed by atoms with van der Waals surface area (Å²) in [6.45, 7) is 0. The first-order valence-electron chi connectivity index (χ1n) is 16.0. The normalized spacial score (nSPS) is 11.8. The Kier molecular flexibility index (Phi) is 5.81. The Morgan fingerprint density at radius 2 is 1.15 bits per heavy atom. The molecule has 0 saturated carbocycles. The molecule has 5 heteroatoms. The van der Waals surface area contributed by atoms with Gasteiger partial charge >= 0.3 is 0 Å². The van der Waals surface area contributed by atoms with Crippen molar-refractivity contribution in [2.75, 3.05) is 0 Å². The molecule has 0 aliphatic rings. The van der Waals surface area contributed by atoms with Crippen LogP contribution in [0.5, 0.6) is 0 Å². The monoisotopic (exact) mass is 614 g/mol. The average molecular weight is 615 g/mol. The first-order chi connectivity index (χ1) is 23.8. The summed E-state index contributed by atoms with van der Waals surface area (Å²) in [6, 6.07) is 54.4. The molecule has 0 amide bonds. The second-order valence-corrected chi connectivity index (χ2v) is 12.0. The van der Waals surface area contributed by atoms with E-state index in [2.05, 4.69) is 114 Å². The Labute approximate surface area is 275 Å². The van der Waals surface area contributed by atoms with Gasteiger partial charge in [-0.2, -0.15) is 0 Å². The highest BCUT2D eigenvalue weighted by atomic mass is 16.3. The van der Waals surface area contributed by atoms with Gasteiger partial charge in [0, 0.05) is 43.9 Å². The van der Waals surface area contributed by atoms with Crippen LogP contribution in [0.25, 0.3) is 94.4 Å². The molecule has 0 spiro atoms. The van der Waals surface area contributed by atoms with Gasteiger partial charge in [-0.3, -0.25) is 0 Å². The van der Waals surface area contributed by atoms with E-state index in [1.807, 2.05) is 48.5 Å². The Morgan fingerprint density at radius 1 is 0.458 bits per heavy atom. The molecule has 3 heterocycles. The number of aromatic nitrogens is 4. The third-order valence-electron chi connectivity index (χ3n) is 9.23. The van der Waals surface area contributed by atoms with Crippen molar-refractivity contribution in [3.8, 4) is 39.9 Å². The van der Waals surface area contributed by atoms with Crippen molar-refractivity contribution in [1.82, 2.24) is 19.5 Å². The van der Waals surface area contributed by atoms with Crippen molar-refractivity contribution in [2.45, 2.75) is 0 Å². The van der Waals surface area contributed by atoms with Gasteiger partial charge < -0.3 is 8.98 Å². The van der Waals surface area contributed by atoms with Crippen molar-refractivity contribution in [1.29, 1.82) is 0 Å². The van der Waals surface area contributed by atoms with Crippen LogP contribution in [0.3, 0.4) is 0 Å². The van der Waals surface area contributed by atoms with Gasteiger partial charge in [0.25, 0.3) is 0 Å². The summed E-state index contributed by atoms with van der Waals surface area (Å²) in [5.74, 6) is 1.85. The fourth-order valence-corrected chi connectivity index (χ4v) is 7.03. The number of para-hydroxylation sites is 2. The van der Waals surface area contributed by atoms with Crippen LogP contribution in [-0.4, -0.2) is 19.5 Å². The highest BCUT2D eigenvalue weighted by molar-refractivity contribution is 6.23. The van der Waals surface area contributed by atoms with Crippen LogP contribution in [0, 0.1) is 0 Å². The number of benzene rings is 7. The summed E-state index contributed by atoms with van der Waals surface area (Å²) in [6.07, 6.45) is 0. The Hall–Kier alpha value is -6.59. The van der Waals surface area contributed by atoms with E-state index in [1.54, 1.807) is 0 Å². The maximum atomic E-state index is 6.81. The lowest BCUT2D eigenvalue weighted by Crippen LogP contribution is -2.00. The molecule has 7 aromatic carbocycles. The molecule has 3 aromatic heterocycles. The molecule has 0 saturated heterocycles. The second-order valence-electron chi connectivity index (χ2n) is 12.0. The van der Waals surface area contributed by atoms with E-state index in [4.69, 9.17) is 19.4 Å². The van der Waals surface area contributed by atoms with E-state index in [0.717, 1.165) is 66.1 Å². The second kappa shape index (κ2) is 10.5. The number of fused-ring (bicyclic) bond motifs is 8. The van der Waals surface area contributed by atoms with E-state index < -0.39 is 0 Å². The maximum absolute atomic E-state index is 6.81. The molecule has 10 rings (SSSR count). The standard InChI is InChI=1S/C43H26N4O/c1-3-13-28(14-4-1)41-44-42(30-23-22-27-12-7-8-15-29(27)26-30)46-43(45-41)35-19-11-21-37-38(35)34-25-24-33-32-18-9-10-20-36(32)47(39(33)40(34)48-37)31-16-5-2-6-17-31/h1-26H. The van der Waals surface area contributed by atoms with E-state index in [-0.39, 0.29) is 0 Å². The first kappa shape index (κ1) is 26.6. The lowest BCUT2D eigenvalue weighted by Gasteiger charge is -2.10. The first-order valence-corrected chi connectivity index (χ1v) is 16.0. The smallest absolute Gasteiger partial charge is 0.164 e. The molecule has 0 fully saturated rings. The summed E-state index contributed by atoms with van der Waals surface area (Å²) in [4.78, 5) is 15.2. The lowest BCUT2D eigenvalue weighted by molar-refractivity contribution is 0.671. The van der Waals surface area contributed by atoms with Gasteiger partial charge in [0.1, 0.15) is 5.58 Å². The predicted molar refractivity (Wildman–Crippen MR) is 195 cm³/mol. The quantitative estimate of drug-likeness (QED) is 0.198. The summed E-state index contributed by atoms with van der Waals surface area (Å²) in [7, 11) is 0. The molecule has 0 aliphatic carbocycles. The van der Waals surface area contributed by atoms with Gasteiger partial charge in [-0.05, 0) is 47.2 Å². The SMILES string of the molecule is c1ccc(-c2nc(-c3ccc4ccccc4c3)nc(-c3cccc4oc5c(ccc6c7ccccc7n(-c7ccccc7)c65)c34)n2)cc1. The molecule has 224 valence electrons. The van der Waals surface area contributed by atoms with Crippen molar-refractivity contribution in [3.05, 3.63) is 158 Å². The van der Waals surface area contributed by atoms with E-state index in [0.29, 0.717) is 17.5 Å². The van der Waals surface area contributed by atoms with Crippen LogP contribution in [0.2, 0.25) is 0 Å². The minimum Gasteiger partial charge on any atom is -0.454 e. The largest absolute Gasteiger partial charge is 0.454 e. The van der Waals surface area contributed by atoms with Crippen LogP contribution in [0.4, 0.5) is 0 Å². The van der Waals surface area contributed by atoms with Gasteiger partial charge in [0.15, 0.2) is 23.1 Å². The molecule has 0 unspecified atom stereocenters. The van der Waals surface area contributed by atoms with E-state index in [9.17, 15) is 0 Å². The van der Waals surface area contributed by atoms with Crippen molar-refractivity contribution >= 4 is 54.5 Å². The van der Waals surface area contributed by atoms with Crippen LogP contribution in [0.1, 0.15) is 0 Å². The van der Waals surface area contributed by atoms with Gasteiger partial charge in [-0.1, -0.05) is 121 Å². The van der Waals surface area contributed by atoms with E-state index in [1.165, 1.54) is 10.8 Å². The van der Waals surface area contributed by atoms with Gasteiger partial charge in [-0.25, -0.2) is 15.0 Å². The minimum absolute atomic E-state index is 0.601. The highest BCUT2D eigenvalue weighted by Crippen LogP contribution is 2.43. The summed E-state index contributed by atoms with van der Waals surface area (Å²) in [5.41, 5.74) is 7.65. The van der Waals surface area contributed by atoms with Crippen LogP contribution < -0.4 is 0 Å². The maximum Gasteiger partial charge on any atom is 0.164 e. The van der Waals surface area contributed by atoms with Crippen LogP contribution in [-0.2, 0) is 0 Å². The summed E-state index contributed by atoms with van der Waals surface area (Å²) < 4.78 is 9.11. The molecule has 48 heavy (non-hydrogen) atoms. The predicted octanol–water partition coefficient (Wildman–Crippen LogP) is 11.0. The number of hydrogen-bond donors (Lipinski definition) is 0. The molecule has 0 atom stereocenters. The number of hydrogen-bond acceptors (Lipinski definition) is 4. The van der Waals surface area contributed by atoms with Crippen molar-refractivity contribution in [2.24, 2.45) is 0 Å². The Bertz CT molecular complexity index is 2830. The Morgan fingerprint density at radius 3 is 2.00 bits per heavy atom. The van der Waals surface area contributed by atoms with E-state index >= 15 is 0 Å². The zero-order valence-electron chi connectivity index (χ0n) is 25.7. The van der Waals surface area contributed by atoms with Crippen molar-refractivity contribution < 1.29 is 4.42 Å². The molecule has 0 aliphatic heterocycles. The fraction of sp³-hybridized carbons (Fsp3) is 0. The molecule has 0 N–H and O–H groups in total. The van der Waals surface area contributed by atoms with Gasteiger partial charge in [0.2, 0.25) is 0 Å². The molecule has 0 bridgehead atoms.